The second kappa shape index (κ2) is 14.5. The van der Waals surface area contributed by atoms with E-state index >= 15 is 0 Å². The monoisotopic (exact) mass is 467 g/mol. The Bertz CT molecular complexity index is 487. The zero-order valence-corrected chi connectivity index (χ0v) is 18.0. The molecule has 0 spiro atoms. The van der Waals surface area contributed by atoms with Crippen LogP contribution in [0.3, 0.4) is 0 Å². The van der Waals surface area contributed by atoms with E-state index in [1.165, 1.54) is 25.0 Å². The van der Waals surface area contributed by atoms with E-state index in [4.69, 9.17) is 15.2 Å². The van der Waals surface area contributed by atoms with Crippen molar-refractivity contribution in [3.63, 3.8) is 0 Å². The minimum atomic E-state index is 0. The number of aliphatic imine (C=N–C) groups is 1. The highest BCUT2D eigenvalue weighted by Crippen LogP contribution is 2.27. The van der Waals surface area contributed by atoms with Crippen LogP contribution in [-0.2, 0) is 6.54 Å². The van der Waals surface area contributed by atoms with Crippen LogP contribution in [-0.4, -0.2) is 38.7 Å². The Kier molecular flexibility index (Phi) is 14.0. The molecule has 3 N–H and O–H groups in total. The maximum atomic E-state index is 5.89. The highest BCUT2D eigenvalue weighted by molar-refractivity contribution is 14.0. The van der Waals surface area contributed by atoms with Crippen molar-refractivity contribution in [2.45, 2.75) is 32.2 Å². The number of hydrogen-bond donors (Lipinski definition) is 2. The van der Waals surface area contributed by atoms with Crippen LogP contribution in [0.5, 0.6) is 11.5 Å². The van der Waals surface area contributed by atoms with Gasteiger partial charge in [0.2, 0.25) is 0 Å². The number of rotatable bonds is 11. The molecule has 0 bridgehead atoms. The lowest BCUT2D eigenvalue weighted by Crippen LogP contribution is -2.32. The van der Waals surface area contributed by atoms with Crippen LogP contribution in [0.1, 0.15) is 31.2 Å². The van der Waals surface area contributed by atoms with Gasteiger partial charge in [-0.25, -0.2) is 4.99 Å². The Morgan fingerprint density at radius 3 is 2.50 bits per heavy atom. The fourth-order valence-corrected chi connectivity index (χ4v) is 2.65. The molecule has 7 heteroatoms. The molecule has 0 atom stereocenters. The highest BCUT2D eigenvalue weighted by Gasteiger charge is 2.04. The third-order valence-corrected chi connectivity index (χ3v) is 4.16. The molecule has 0 radical (unpaired) electrons. The Morgan fingerprint density at radius 1 is 1.12 bits per heavy atom. The molecule has 1 aromatic rings. The topological polar surface area (TPSA) is 68.9 Å². The summed E-state index contributed by atoms with van der Waals surface area (Å²) >= 11 is 1.91. The first-order chi connectivity index (χ1) is 11.2. The highest BCUT2D eigenvalue weighted by atomic mass is 127. The number of halogens is 1. The predicted octanol–water partition coefficient (Wildman–Crippen LogP) is 3.65. The summed E-state index contributed by atoms with van der Waals surface area (Å²) in [5.74, 6) is 3.16. The first-order valence-corrected chi connectivity index (χ1v) is 9.34. The van der Waals surface area contributed by atoms with E-state index in [0.717, 1.165) is 18.5 Å². The molecule has 0 amide bonds. The fourth-order valence-electron chi connectivity index (χ4n) is 2.15. The number of benzene rings is 1. The smallest absolute Gasteiger partial charge is 0.188 e. The second-order valence-corrected chi connectivity index (χ2v) is 6.21. The van der Waals surface area contributed by atoms with Crippen molar-refractivity contribution in [2.75, 3.05) is 32.8 Å². The number of hydrogen-bond acceptors (Lipinski definition) is 4. The van der Waals surface area contributed by atoms with Gasteiger partial charge in [0.15, 0.2) is 17.5 Å². The van der Waals surface area contributed by atoms with Crippen molar-refractivity contribution in [1.29, 1.82) is 0 Å². The van der Waals surface area contributed by atoms with E-state index in [9.17, 15) is 0 Å². The van der Waals surface area contributed by atoms with E-state index in [-0.39, 0.29) is 24.0 Å². The van der Waals surface area contributed by atoms with Gasteiger partial charge >= 0.3 is 0 Å². The fraction of sp³-hybridized carbons (Fsp3) is 0.588. The van der Waals surface area contributed by atoms with Crippen LogP contribution in [0.4, 0.5) is 0 Å². The molecule has 0 aliphatic rings. The van der Waals surface area contributed by atoms with E-state index in [0.29, 0.717) is 24.0 Å². The molecule has 5 nitrogen and oxygen atoms in total. The van der Waals surface area contributed by atoms with Crippen molar-refractivity contribution in [2.24, 2.45) is 10.7 Å². The predicted molar refractivity (Wildman–Crippen MR) is 115 cm³/mol. The maximum absolute atomic E-state index is 5.89. The lowest BCUT2D eigenvalue weighted by Gasteiger charge is -2.09. The number of unbranched alkanes of at least 4 members (excludes halogenated alkanes) is 3. The van der Waals surface area contributed by atoms with Crippen LogP contribution >= 0.6 is 35.7 Å². The molecule has 24 heavy (non-hydrogen) atoms. The molecule has 0 unspecified atom stereocenters. The Morgan fingerprint density at radius 2 is 1.83 bits per heavy atom. The first-order valence-electron chi connectivity index (χ1n) is 7.95. The van der Waals surface area contributed by atoms with Crippen LogP contribution < -0.4 is 20.5 Å². The quantitative estimate of drug-likeness (QED) is 0.225. The van der Waals surface area contributed by atoms with Gasteiger partial charge in [-0.3, -0.25) is 0 Å². The molecule has 1 aromatic carbocycles. The molecule has 0 heterocycles. The van der Waals surface area contributed by atoms with Crippen molar-refractivity contribution in [3.8, 4) is 11.5 Å². The summed E-state index contributed by atoms with van der Waals surface area (Å²) in [6.07, 6.45) is 7.09. The largest absolute Gasteiger partial charge is 0.493 e. The average molecular weight is 467 g/mol. The zero-order chi connectivity index (χ0) is 16.9. The molecular weight excluding hydrogens is 437 g/mol. The van der Waals surface area contributed by atoms with Crippen molar-refractivity contribution < 1.29 is 9.47 Å². The summed E-state index contributed by atoms with van der Waals surface area (Å²) < 4.78 is 10.5. The van der Waals surface area contributed by atoms with Gasteiger partial charge in [0.25, 0.3) is 0 Å². The van der Waals surface area contributed by atoms with Gasteiger partial charge in [-0.05, 0) is 42.5 Å². The van der Waals surface area contributed by atoms with Crippen LogP contribution in [0, 0.1) is 0 Å². The molecule has 0 aromatic heterocycles. The summed E-state index contributed by atoms with van der Waals surface area (Å²) in [7, 11) is 3.25. The lowest BCUT2D eigenvalue weighted by molar-refractivity contribution is 0.354. The average Bonchev–Trinajstić information content (AvgIpc) is 2.58. The Hall–Kier alpha value is -0.830. The first kappa shape index (κ1) is 23.2. The molecule has 0 aliphatic heterocycles. The van der Waals surface area contributed by atoms with Gasteiger partial charge in [0.1, 0.15) is 0 Å². The number of nitrogens with zero attached hydrogens (tertiary/aromatic N) is 1. The van der Waals surface area contributed by atoms with Gasteiger partial charge in [-0.1, -0.05) is 18.9 Å². The summed E-state index contributed by atoms with van der Waals surface area (Å²) in [4.78, 5) is 4.36. The minimum absolute atomic E-state index is 0. The zero-order valence-electron chi connectivity index (χ0n) is 14.8. The molecule has 1 rings (SSSR count). The standard InChI is InChI=1S/C17H29N3O2S.HI/c1-21-15-9-8-14(12-16(15)22-2)13-20-17(18)19-10-6-4-5-7-11-23-3;/h8-9,12H,4-7,10-11,13H2,1-3H3,(H3,18,19,20);1H. The van der Waals surface area contributed by atoms with Gasteiger partial charge in [0, 0.05) is 6.54 Å². The SMILES string of the molecule is COc1ccc(CN=C(N)NCCCCCCSC)cc1OC.I. The molecule has 0 saturated carbocycles. The van der Waals surface area contributed by atoms with E-state index < -0.39 is 0 Å². The summed E-state index contributed by atoms with van der Waals surface area (Å²) in [6, 6.07) is 5.76. The number of nitrogens with one attached hydrogen (secondary N) is 1. The normalized spacial score (nSPS) is 10.9. The maximum Gasteiger partial charge on any atom is 0.188 e. The minimum Gasteiger partial charge on any atom is -0.493 e. The third kappa shape index (κ3) is 9.46. The van der Waals surface area contributed by atoms with Crippen LogP contribution in [0.15, 0.2) is 23.2 Å². The Labute approximate surface area is 167 Å². The number of thioether (sulfide) groups is 1. The lowest BCUT2D eigenvalue weighted by atomic mass is 10.2. The van der Waals surface area contributed by atoms with Gasteiger partial charge in [-0.15, -0.1) is 24.0 Å². The van der Waals surface area contributed by atoms with Gasteiger partial charge < -0.3 is 20.5 Å². The van der Waals surface area contributed by atoms with Crippen molar-refractivity contribution in [3.05, 3.63) is 23.8 Å². The summed E-state index contributed by atoms with van der Waals surface area (Å²) in [5, 5.41) is 3.16. The van der Waals surface area contributed by atoms with E-state index in [1.54, 1.807) is 14.2 Å². The molecule has 0 fully saturated rings. The molecular formula is C17H30IN3O2S. The van der Waals surface area contributed by atoms with Gasteiger partial charge in [0.05, 0.1) is 20.8 Å². The van der Waals surface area contributed by atoms with Crippen molar-refractivity contribution in [1.82, 2.24) is 5.32 Å². The number of guanidine groups is 1. The Balaban J connectivity index is 0.00000529. The summed E-state index contributed by atoms with van der Waals surface area (Å²) in [5.41, 5.74) is 6.92. The van der Waals surface area contributed by atoms with E-state index in [1.807, 2.05) is 30.0 Å². The van der Waals surface area contributed by atoms with Crippen LogP contribution in [0.2, 0.25) is 0 Å². The van der Waals surface area contributed by atoms with Crippen molar-refractivity contribution >= 4 is 41.7 Å². The molecule has 138 valence electrons. The second-order valence-electron chi connectivity index (χ2n) is 5.22. The molecule has 0 aliphatic carbocycles. The van der Waals surface area contributed by atoms with Crippen LogP contribution in [0.25, 0.3) is 0 Å². The third-order valence-electron chi connectivity index (χ3n) is 3.46. The molecule has 0 saturated heterocycles. The van der Waals surface area contributed by atoms with Gasteiger partial charge in [-0.2, -0.15) is 11.8 Å². The number of methoxy groups -OCH3 is 2. The number of nitrogens with two attached hydrogens (primary N) is 1. The summed E-state index contributed by atoms with van der Waals surface area (Å²) in [6.45, 7) is 1.40. The number of ether oxygens (including phenoxy) is 2. The van der Waals surface area contributed by atoms with E-state index in [2.05, 4.69) is 16.6 Å².